The Hall–Kier alpha value is -3.73. The van der Waals surface area contributed by atoms with Gasteiger partial charge in [0.05, 0.1) is 36.2 Å². The largest absolute Gasteiger partial charge is 0.481 e. The fourth-order valence-corrected chi connectivity index (χ4v) is 3.64. The molecule has 0 radical (unpaired) electrons. The van der Waals surface area contributed by atoms with Gasteiger partial charge in [0, 0.05) is 29.9 Å². The third kappa shape index (κ3) is 4.01. The summed E-state index contributed by atoms with van der Waals surface area (Å²) in [4.78, 5) is 16.9. The fraction of sp³-hybridized carbons (Fsp3) is 0.273. The number of benzene rings is 1. The van der Waals surface area contributed by atoms with E-state index in [2.05, 4.69) is 10.3 Å². The molecule has 1 aliphatic rings. The average Bonchev–Trinajstić information content (AvgIpc) is 3.10. The van der Waals surface area contributed by atoms with Crippen molar-refractivity contribution in [1.29, 1.82) is 5.26 Å². The lowest BCUT2D eigenvalue weighted by molar-refractivity contribution is 0.0933. The Morgan fingerprint density at radius 2 is 2.17 bits per heavy atom. The van der Waals surface area contributed by atoms with Crippen LogP contribution >= 0.6 is 0 Å². The summed E-state index contributed by atoms with van der Waals surface area (Å²) in [7, 11) is 1.56. The quantitative estimate of drug-likeness (QED) is 0.716. The van der Waals surface area contributed by atoms with Crippen LogP contribution in [0.25, 0.3) is 11.3 Å². The Labute approximate surface area is 173 Å². The fourth-order valence-electron chi connectivity index (χ4n) is 3.64. The van der Waals surface area contributed by atoms with E-state index >= 15 is 0 Å². The molecule has 8 heteroatoms. The standard InChI is InChI=1S/C22H20FN5O2/c1-30-21-11-15(5-6-25-21)19-12-20-18(4-2-3-7-28(20)27-19)26-22(29)16-8-14(13-24)9-17(23)10-16/h5-6,8-12,18H,2-4,7H2,1H3,(H,26,29). The summed E-state index contributed by atoms with van der Waals surface area (Å²) in [6, 6.07) is 10.9. The summed E-state index contributed by atoms with van der Waals surface area (Å²) in [6.45, 7) is 0.752. The zero-order valence-electron chi connectivity index (χ0n) is 16.4. The summed E-state index contributed by atoms with van der Waals surface area (Å²) in [5.41, 5.74) is 2.77. The molecular weight excluding hydrogens is 385 g/mol. The number of methoxy groups -OCH3 is 1. The molecule has 2 aromatic heterocycles. The molecule has 7 nitrogen and oxygen atoms in total. The third-order valence-electron chi connectivity index (χ3n) is 5.11. The number of rotatable bonds is 4. The van der Waals surface area contributed by atoms with Crippen LogP contribution in [0.15, 0.2) is 42.6 Å². The van der Waals surface area contributed by atoms with Gasteiger partial charge in [-0.1, -0.05) is 0 Å². The topological polar surface area (TPSA) is 92.8 Å². The highest BCUT2D eigenvalue weighted by molar-refractivity contribution is 5.94. The molecule has 1 aliphatic heterocycles. The maximum Gasteiger partial charge on any atom is 0.251 e. The minimum absolute atomic E-state index is 0.111. The zero-order chi connectivity index (χ0) is 21.1. The van der Waals surface area contributed by atoms with Crippen molar-refractivity contribution in [2.75, 3.05) is 7.11 Å². The van der Waals surface area contributed by atoms with Crippen molar-refractivity contribution in [1.82, 2.24) is 20.1 Å². The lowest BCUT2D eigenvalue weighted by Crippen LogP contribution is -2.29. The van der Waals surface area contributed by atoms with E-state index in [0.29, 0.717) is 5.88 Å². The number of amides is 1. The summed E-state index contributed by atoms with van der Waals surface area (Å²) < 4.78 is 20.9. The number of halogens is 1. The maximum absolute atomic E-state index is 13.7. The van der Waals surface area contributed by atoms with Crippen LogP contribution in [0, 0.1) is 17.1 Å². The molecule has 0 spiro atoms. The van der Waals surface area contributed by atoms with Gasteiger partial charge < -0.3 is 10.1 Å². The number of hydrogen-bond donors (Lipinski definition) is 1. The second kappa shape index (κ2) is 8.33. The van der Waals surface area contributed by atoms with Crippen molar-refractivity contribution in [3.8, 4) is 23.2 Å². The van der Waals surface area contributed by atoms with E-state index in [1.165, 1.54) is 6.07 Å². The van der Waals surface area contributed by atoms with E-state index in [1.54, 1.807) is 13.3 Å². The molecular formula is C22H20FN5O2. The second-order valence-electron chi connectivity index (χ2n) is 7.13. The van der Waals surface area contributed by atoms with Crippen molar-refractivity contribution in [3.63, 3.8) is 0 Å². The monoisotopic (exact) mass is 405 g/mol. The number of nitriles is 1. The predicted molar refractivity (Wildman–Crippen MR) is 107 cm³/mol. The Morgan fingerprint density at radius 3 is 2.97 bits per heavy atom. The van der Waals surface area contributed by atoms with Crippen LogP contribution in [0.5, 0.6) is 5.88 Å². The van der Waals surface area contributed by atoms with E-state index in [1.807, 2.05) is 29.0 Å². The summed E-state index contributed by atoms with van der Waals surface area (Å²) >= 11 is 0. The van der Waals surface area contributed by atoms with Crippen LogP contribution in [0.4, 0.5) is 4.39 Å². The number of nitrogens with one attached hydrogen (secondary N) is 1. The van der Waals surface area contributed by atoms with Gasteiger partial charge in [0.1, 0.15) is 5.82 Å². The SMILES string of the molecule is COc1cc(-c2cc3n(n2)CCCCC3NC(=O)c2cc(F)cc(C#N)c2)ccn1. The van der Waals surface area contributed by atoms with E-state index in [9.17, 15) is 9.18 Å². The third-order valence-corrected chi connectivity index (χ3v) is 5.11. The number of fused-ring (bicyclic) bond motifs is 1. The van der Waals surface area contributed by atoms with Crippen molar-refractivity contribution < 1.29 is 13.9 Å². The minimum Gasteiger partial charge on any atom is -0.481 e. The first-order chi connectivity index (χ1) is 14.6. The molecule has 3 heterocycles. The molecule has 1 atom stereocenters. The average molecular weight is 405 g/mol. The zero-order valence-corrected chi connectivity index (χ0v) is 16.4. The number of ether oxygens (including phenoxy) is 1. The van der Waals surface area contributed by atoms with Gasteiger partial charge in [0.15, 0.2) is 0 Å². The van der Waals surface area contributed by atoms with Crippen LogP contribution in [0.2, 0.25) is 0 Å². The van der Waals surface area contributed by atoms with E-state index in [0.717, 1.165) is 54.9 Å². The smallest absolute Gasteiger partial charge is 0.251 e. The highest BCUT2D eigenvalue weighted by Crippen LogP contribution is 2.29. The lowest BCUT2D eigenvalue weighted by Gasteiger charge is -2.17. The Morgan fingerprint density at radius 1 is 1.30 bits per heavy atom. The first-order valence-electron chi connectivity index (χ1n) is 9.67. The first kappa shape index (κ1) is 19.6. The second-order valence-corrected chi connectivity index (χ2v) is 7.13. The van der Waals surface area contributed by atoms with Gasteiger partial charge in [0.2, 0.25) is 5.88 Å². The normalized spacial score (nSPS) is 15.6. The molecule has 0 aliphatic carbocycles. The van der Waals surface area contributed by atoms with Gasteiger partial charge in [0.25, 0.3) is 5.91 Å². The van der Waals surface area contributed by atoms with Crippen LogP contribution in [-0.2, 0) is 6.54 Å². The van der Waals surface area contributed by atoms with Crippen LogP contribution in [-0.4, -0.2) is 27.8 Å². The molecule has 4 rings (SSSR count). The van der Waals surface area contributed by atoms with E-state index in [-0.39, 0.29) is 17.2 Å². The van der Waals surface area contributed by atoms with E-state index < -0.39 is 11.7 Å². The molecule has 0 saturated carbocycles. The number of aromatic nitrogens is 3. The number of aryl methyl sites for hydroxylation is 1. The van der Waals surface area contributed by atoms with Crippen LogP contribution < -0.4 is 10.1 Å². The highest BCUT2D eigenvalue weighted by atomic mass is 19.1. The Kier molecular flexibility index (Phi) is 5.44. The van der Waals surface area contributed by atoms with Gasteiger partial charge in [-0.25, -0.2) is 9.37 Å². The van der Waals surface area contributed by atoms with Gasteiger partial charge in [-0.2, -0.15) is 10.4 Å². The first-order valence-corrected chi connectivity index (χ1v) is 9.67. The summed E-state index contributed by atoms with van der Waals surface area (Å²) in [6.07, 6.45) is 4.28. The number of pyridine rings is 1. The van der Waals surface area contributed by atoms with Gasteiger partial charge >= 0.3 is 0 Å². The maximum atomic E-state index is 13.7. The molecule has 0 saturated heterocycles. The molecule has 1 aromatic carbocycles. The molecule has 30 heavy (non-hydrogen) atoms. The number of carbonyl (C=O) groups is 1. The Balaban J connectivity index is 1.63. The van der Waals surface area contributed by atoms with E-state index in [4.69, 9.17) is 15.1 Å². The number of nitrogens with zero attached hydrogens (tertiary/aromatic N) is 4. The molecule has 1 N–H and O–H groups in total. The minimum atomic E-state index is -0.612. The summed E-state index contributed by atoms with van der Waals surface area (Å²) in [5.74, 6) is -0.531. The molecule has 152 valence electrons. The molecule has 3 aromatic rings. The van der Waals surface area contributed by atoms with Crippen LogP contribution in [0.1, 0.15) is 46.9 Å². The Bertz CT molecular complexity index is 1130. The number of carbonyl (C=O) groups excluding carboxylic acids is 1. The summed E-state index contributed by atoms with van der Waals surface area (Å²) in [5, 5.41) is 16.7. The lowest BCUT2D eigenvalue weighted by atomic mass is 10.0. The molecule has 0 fully saturated rings. The number of hydrogen-bond acceptors (Lipinski definition) is 5. The van der Waals surface area contributed by atoms with Crippen molar-refractivity contribution in [3.05, 3.63) is 65.2 Å². The molecule has 0 bridgehead atoms. The predicted octanol–water partition coefficient (Wildman–Crippen LogP) is 3.62. The highest BCUT2D eigenvalue weighted by Gasteiger charge is 2.24. The molecule has 1 unspecified atom stereocenters. The van der Waals surface area contributed by atoms with Crippen molar-refractivity contribution in [2.24, 2.45) is 0 Å². The van der Waals surface area contributed by atoms with Gasteiger partial charge in [-0.3, -0.25) is 9.48 Å². The van der Waals surface area contributed by atoms with Gasteiger partial charge in [-0.15, -0.1) is 0 Å². The van der Waals surface area contributed by atoms with Crippen molar-refractivity contribution >= 4 is 5.91 Å². The van der Waals surface area contributed by atoms with Gasteiger partial charge in [-0.05, 0) is 49.6 Å². The van der Waals surface area contributed by atoms with Crippen molar-refractivity contribution in [2.45, 2.75) is 31.8 Å². The van der Waals surface area contributed by atoms with Crippen LogP contribution in [0.3, 0.4) is 0 Å². The molecule has 1 amide bonds.